The number of hydrogen-bond acceptors (Lipinski definition) is 2. The van der Waals surface area contributed by atoms with Crippen molar-refractivity contribution in [1.29, 1.82) is 0 Å². The van der Waals surface area contributed by atoms with Crippen LogP contribution in [0.2, 0.25) is 0 Å². The molecule has 0 bridgehead atoms. The molecule has 0 N–H and O–H groups in total. The Morgan fingerprint density at radius 1 is 0.733 bits per heavy atom. The monoisotopic (exact) mass is 823 g/mol. The molecule has 0 aromatic heterocycles. The van der Waals surface area contributed by atoms with Gasteiger partial charge in [-0.2, -0.15) is 0 Å². The number of esters is 1. The summed E-state index contributed by atoms with van der Waals surface area (Å²) in [7, 11) is 0. The number of hydrogen-bond donors (Lipinski definition) is 0. The van der Waals surface area contributed by atoms with Crippen LogP contribution in [-0.2, 0) is 9.53 Å². The molecular weight excluding hydrogens is 729 g/mol. The minimum Gasteiger partial charge on any atom is -0.462 e. The van der Waals surface area contributed by atoms with Crippen LogP contribution in [0, 0.1) is 109 Å². The molecule has 4 unspecified atom stereocenters. The SMILES string of the molecule is C=C(C)C1CC[C@]2(C(=O)O[C@@H]3CC[C@@]4(C)C(=CC[C@H]5[C@@H]6CC[C@H]([C@H](C)CCCC(C)C)[C@@]6(C)CC[C@@H]54)C3)CC[C@]3(C)[C@H](CC[C@@H]4[C@@]5(C)CCC(C)C(C)(C)C5CC[C@]43C)C12. The smallest absolute Gasteiger partial charge is 0.312 e. The largest absolute Gasteiger partial charge is 0.462 e. The molecule has 2 heteroatoms. The highest BCUT2D eigenvalue weighted by Crippen LogP contribution is 2.78. The first-order valence-electron chi connectivity index (χ1n) is 26.7. The Kier molecular flexibility index (Phi) is 11.0. The van der Waals surface area contributed by atoms with E-state index in [1.54, 1.807) is 5.57 Å². The van der Waals surface area contributed by atoms with Crippen LogP contribution in [0.25, 0.3) is 0 Å². The van der Waals surface area contributed by atoms with E-state index in [1.807, 2.05) is 0 Å². The van der Waals surface area contributed by atoms with Crippen LogP contribution in [0.5, 0.6) is 0 Å². The van der Waals surface area contributed by atoms with Crippen molar-refractivity contribution in [3.05, 3.63) is 23.8 Å². The molecule has 8 fully saturated rings. The molecule has 0 radical (unpaired) electrons. The molecule has 338 valence electrons. The summed E-state index contributed by atoms with van der Waals surface area (Å²) >= 11 is 0. The quantitative estimate of drug-likeness (QED) is 0.180. The van der Waals surface area contributed by atoms with Crippen LogP contribution < -0.4 is 0 Å². The summed E-state index contributed by atoms with van der Waals surface area (Å²) < 4.78 is 7.02. The fourth-order valence-electron chi connectivity index (χ4n) is 20.7. The van der Waals surface area contributed by atoms with Crippen molar-refractivity contribution in [3.63, 3.8) is 0 Å². The predicted octanol–water partition coefficient (Wildman–Crippen LogP) is 16.2. The predicted molar refractivity (Wildman–Crippen MR) is 251 cm³/mol. The first kappa shape index (κ1) is 44.2. The van der Waals surface area contributed by atoms with Gasteiger partial charge < -0.3 is 4.74 Å². The van der Waals surface area contributed by atoms with Crippen molar-refractivity contribution >= 4 is 5.97 Å². The minimum absolute atomic E-state index is 0.0533. The van der Waals surface area contributed by atoms with E-state index in [9.17, 15) is 0 Å². The van der Waals surface area contributed by atoms with E-state index in [1.165, 1.54) is 108 Å². The maximum atomic E-state index is 15.3. The van der Waals surface area contributed by atoms with Gasteiger partial charge in [-0.15, -0.1) is 0 Å². The highest BCUT2D eigenvalue weighted by molar-refractivity contribution is 5.78. The molecule has 8 saturated carbocycles. The lowest BCUT2D eigenvalue weighted by atomic mass is 9.32. The van der Waals surface area contributed by atoms with Crippen molar-refractivity contribution in [1.82, 2.24) is 0 Å². The van der Waals surface area contributed by atoms with E-state index in [2.05, 4.69) is 95.7 Å². The zero-order valence-corrected chi connectivity index (χ0v) is 41.5. The first-order chi connectivity index (χ1) is 28.2. The van der Waals surface area contributed by atoms with Gasteiger partial charge in [0.05, 0.1) is 5.41 Å². The summed E-state index contributed by atoms with van der Waals surface area (Å²) in [6, 6.07) is 0. The molecule has 0 aliphatic heterocycles. The number of carbonyl (C=O) groups excluding carboxylic acids is 1. The van der Waals surface area contributed by atoms with Gasteiger partial charge in [-0.1, -0.05) is 119 Å². The van der Waals surface area contributed by atoms with E-state index in [0.717, 1.165) is 85.4 Å². The Labute approximate surface area is 370 Å². The lowest BCUT2D eigenvalue weighted by Gasteiger charge is -2.73. The Bertz CT molecular complexity index is 1700. The van der Waals surface area contributed by atoms with Gasteiger partial charge in [-0.3, -0.25) is 4.79 Å². The zero-order chi connectivity index (χ0) is 43.0. The normalized spacial score (nSPS) is 52.0. The topological polar surface area (TPSA) is 26.3 Å². The second-order valence-corrected chi connectivity index (χ2v) is 27.2. The average Bonchev–Trinajstić information content (AvgIpc) is 3.76. The molecule has 0 saturated heterocycles. The van der Waals surface area contributed by atoms with Gasteiger partial charge in [-0.25, -0.2) is 0 Å². The second-order valence-electron chi connectivity index (χ2n) is 27.2. The van der Waals surface area contributed by atoms with Crippen LogP contribution in [0.3, 0.4) is 0 Å². The van der Waals surface area contributed by atoms with E-state index < -0.39 is 0 Å². The van der Waals surface area contributed by atoms with Crippen LogP contribution in [0.4, 0.5) is 0 Å². The number of carbonyl (C=O) groups is 1. The molecular formula is C58H94O2. The molecule has 2 nitrogen and oxygen atoms in total. The van der Waals surface area contributed by atoms with Gasteiger partial charge in [0.15, 0.2) is 0 Å². The van der Waals surface area contributed by atoms with Crippen molar-refractivity contribution in [2.24, 2.45) is 109 Å². The van der Waals surface area contributed by atoms with Crippen molar-refractivity contribution in [2.75, 3.05) is 0 Å². The maximum absolute atomic E-state index is 15.3. The fraction of sp³-hybridized carbons (Fsp3) is 0.914. The van der Waals surface area contributed by atoms with Crippen LogP contribution in [0.15, 0.2) is 23.8 Å². The Morgan fingerprint density at radius 3 is 2.20 bits per heavy atom. The molecule has 18 atom stereocenters. The zero-order valence-electron chi connectivity index (χ0n) is 41.5. The number of rotatable bonds is 8. The molecule has 60 heavy (non-hydrogen) atoms. The molecule has 9 aliphatic carbocycles. The first-order valence-corrected chi connectivity index (χ1v) is 26.7. The number of allylic oxidation sites excluding steroid dienone is 2. The van der Waals surface area contributed by atoms with E-state index in [0.29, 0.717) is 39.4 Å². The fourth-order valence-corrected chi connectivity index (χ4v) is 20.7. The molecule has 0 heterocycles. The Balaban J connectivity index is 0.912. The molecule has 9 rings (SSSR count). The molecule has 0 spiro atoms. The van der Waals surface area contributed by atoms with Crippen molar-refractivity contribution in [2.45, 2.75) is 224 Å². The third-order valence-electron chi connectivity index (χ3n) is 24.6. The molecule has 0 aromatic rings. The summed E-state index contributed by atoms with van der Waals surface area (Å²) in [5.41, 5.74) is 4.93. The number of ether oxygens (including phenoxy) is 1. The summed E-state index contributed by atoms with van der Waals surface area (Å²) in [5, 5.41) is 0. The van der Waals surface area contributed by atoms with E-state index >= 15 is 4.79 Å². The van der Waals surface area contributed by atoms with Gasteiger partial charge in [0.25, 0.3) is 0 Å². The Hall–Kier alpha value is -1.05. The Morgan fingerprint density at radius 2 is 1.47 bits per heavy atom. The second kappa shape index (κ2) is 15.0. The lowest BCUT2D eigenvalue weighted by molar-refractivity contribution is -0.244. The van der Waals surface area contributed by atoms with Crippen LogP contribution in [-0.4, -0.2) is 12.1 Å². The standard InChI is InChI=1S/C58H94O2/c1-36(2)15-14-16-38(5)44-19-20-45-43-18-17-40-35-41(24-29-53(40,9)46(43)26-30-54(44,45)10)60-51(59)58-32-25-42(37(3)4)50(58)47-21-22-49-55(11)28-23-39(6)52(7,8)48(55)27-31-57(49,13)56(47,12)33-34-58/h17,36,38-39,41-50H,3,14-16,18-35H2,1-2,4-13H3/t38-,39?,41-,42?,43+,44-,45+,46+,47-,48?,49-,50?,53+,54-,55+,56-,57-,58+/m1/s1. The summed E-state index contributed by atoms with van der Waals surface area (Å²) in [4.78, 5) is 15.3. The molecule has 0 aromatic carbocycles. The van der Waals surface area contributed by atoms with Gasteiger partial charge >= 0.3 is 5.97 Å². The third kappa shape index (κ3) is 6.17. The van der Waals surface area contributed by atoms with E-state index in [4.69, 9.17) is 4.74 Å². The minimum atomic E-state index is -0.327. The highest BCUT2D eigenvalue weighted by Gasteiger charge is 2.72. The van der Waals surface area contributed by atoms with Crippen LogP contribution in [0.1, 0.15) is 218 Å². The summed E-state index contributed by atoms with van der Waals surface area (Å²) in [6.45, 7) is 35.8. The summed E-state index contributed by atoms with van der Waals surface area (Å²) in [6.07, 6.45) is 29.9. The van der Waals surface area contributed by atoms with Gasteiger partial charge in [0, 0.05) is 6.42 Å². The van der Waals surface area contributed by atoms with Gasteiger partial charge in [0.2, 0.25) is 0 Å². The maximum Gasteiger partial charge on any atom is 0.312 e. The average molecular weight is 823 g/mol. The highest BCUT2D eigenvalue weighted by atomic mass is 16.5. The molecule has 9 aliphatic rings. The molecule has 0 amide bonds. The van der Waals surface area contributed by atoms with Crippen molar-refractivity contribution in [3.8, 4) is 0 Å². The third-order valence-corrected chi connectivity index (χ3v) is 24.6. The number of fused-ring (bicyclic) bond motifs is 12. The lowest BCUT2D eigenvalue weighted by Crippen LogP contribution is -2.66. The van der Waals surface area contributed by atoms with Crippen LogP contribution >= 0.6 is 0 Å². The van der Waals surface area contributed by atoms with Gasteiger partial charge in [0.1, 0.15) is 6.10 Å². The van der Waals surface area contributed by atoms with E-state index in [-0.39, 0.29) is 28.3 Å². The summed E-state index contributed by atoms with van der Waals surface area (Å²) in [5.74, 6) is 9.22. The van der Waals surface area contributed by atoms with Crippen molar-refractivity contribution < 1.29 is 9.53 Å². The van der Waals surface area contributed by atoms with Gasteiger partial charge in [-0.05, 0) is 220 Å².